The number of aromatic nitrogens is 4. The van der Waals surface area contributed by atoms with Gasteiger partial charge in [-0.15, -0.1) is 10.2 Å². The first-order valence-corrected chi connectivity index (χ1v) is 15.0. The van der Waals surface area contributed by atoms with Crippen LogP contribution in [0.5, 0.6) is 5.75 Å². The van der Waals surface area contributed by atoms with Crippen molar-refractivity contribution < 1.29 is 23.9 Å². The molecule has 43 heavy (non-hydrogen) atoms. The number of hydrogen-bond acceptors (Lipinski definition) is 9. The molecule has 1 atom stereocenters. The topological polar surface area (TPSA) is 165 Å². The van der Waals surface area contributed by atoms with Crippen molar-refractivity contribution in [2.45, 2.75) is 64.5 Å². The number of carbonyl (C=O) groups is 3. The average molecular weight is 657 g/mol. The first kappa shape index (κ1) is 32.1. The molecular weight excluding hydrogens is 618 g/mol. The molecule has 4 rings (SSSR count). The van der Waals surface area contributed by atoms with E-state index < -0.39 is 23.6 Å². The van der Waals surface area contributed by atoms with E-state index in [1.165, 1.54) is 4.90 Å². The maximum Gasteiger partial charge on any atom is 0.407 e. The summed E-state index contributed by atoms with van der Waals surface area (Å²) in [5, 5.41) is 16.8. The number of nitrogens with two attached hydrogens (primary N) is 1. The van der Waals surface area contributed by atoms with Crippen LogP contribution in [0.15, 0.2) is 46.9 Å². The SMILES string of the molecule is COc1ccc(C[C@H](N)C(=O)N(c2ccc(-c3nn[nH]n3)cc2)C(=O)[C@H]2CC[C@H](CNC(=O)OC(C)(C)C)CC2)cc1Br. The van der Waals surface area contributed by atoms with Gasteiger partial charge in [-0.2, -0.15) is 5.21 Å². The summed E-state index contributed by atoms with van der Waals surface area (Å²) >= 11 is 3.47. The van der Waals surface area contributed by atoms with Crippen LogP contribution in [0.1, 0.15) is 52.0 Å². The summed E-state index contributed by atoms with van der Waals surface area (Å²) < 4.78 is 11.4. The first-order valence-electron chi connectivity index (χ1n) is 14.2. The van der Waals surface area contributed by atoms with Gasteiger partial charge < -0.3 is 20.5 Å². The van der Waals surface area contributed by atoms with Gasteiger partial charge in [0.25, 0.3) is 5.91 Å². The Bertz CT molecular complexity index is 1400. The third-order valence-corrected chi connectivity index (χ3v) is 7.91. The largest absolute Gasteiger partial charge is 0.496 e. The molecule has 4 N–H and O–H groups in total. The summed E-state index contributed by atoms with van der Waals surface area (Å²) in [5.74, 6) is 0.141. The zero-order valence-corrected chi connectivity index (χ0v) is 26.4. The van der Waals surface area contributed by atoms with Crippen LogP contribution >= 0.6 is 15.9 Å². The third kappa shape index (κ3) is 8.60. The van der Waals surface area contributed by atoms with Gasteiger partial charge in [-0.05, 0) is 122 Å². The van der Waals surface area contributed by atoms with Gasteiger partial charge in [0.15, 0.2) is 0 Å². The number of anilines is 1. The number of alkyl carbamates (subject to hydrolysis) is 1. The Hall–Kier alpha value is -3.84. The van der Waals surface area contributed by atoms with Gasteiger partial charge in [0.1, 0.15) is 11.4 Å². The Labute approximate surface area is 259 Å². The highest BCUT2D eigenvalue weighted by Crippen LogP contribution is 2.32. The number of imide groups is 1. The lowest BCUT2D eigenvalue weighted by atomic mass is 9.81. The quantitative estimate of drug-likeness (QED) is 0.303. The lowest BCUT2D eigenvalue weighted by Gasteiger charge is -2.32. The summed E-state index contributed by atoms with van der Waals surface area (Å²) in [6.45, 7) is 5.92. The predicted octanol–water partition coefficient (Wildman–Crippen LogP) is 4.40. The summed E-state index contributed by atoms with van der Waals surface area (Å²) in [4.78, 5) is 41.1. The van der Waals surface area contributed by atoms with Crippen molar-refractivity contribution in [1.29, 1.82) is 0 Å². The molecule has 1 aromatic heterocycles. The van der Waals surface area contributed by atoms with Crippen molar-refractivity contribution in [3.63, 3.8) is 0 Å². The van der Waals surface area contributed by atoms with E-state index in [4.69, 9.17) is 15.2 Å². The molecule has 0 bridgehead atoms. The number of tetrazole rings is 1. The number of methoxy groups -OCH3 is 1. The standard InChI is InChI=1S/C30H38BrN7O5/c1-30(2,3)43-29(41)33-17-18-5-8-21(9-6-18)27(39)38(22-12-10-20(11-13-22)26-34-36-37-35-26)28(40)24(32)16-19-7-14-25(42-4)23(31)15-19/h7,10-15,18,21,24H,5-6,8-9,16-17,32H2,1-4H3,(H,33,41)(H,34,35,36,37)/t18-,21-,24-/m0/s1. The fourth-order valence-electron chi connectivity index (χ4n) is 5.09. The van der Waals surface area contributed by atoms with Gasteiger partial charge in [0, 0.05) is 18.0 Å². The lowest BCUT2D eigenvalue weighted by molar-refractivity contribution is -0.130. The number of nitrogens with zero attached hydrogens (tertiary/aromatic N) is 4. The number of halogens is 1. The zero-order valence-electron chi connectivity index (χ0n) is 24.8. The molecule has 1 heterocycles. The lowest BCUT2D eigenvalue weighted by Crippen LogP contribution is -2.50. The summed E-state index contributed by atoms with van der Waals surface area (Å²) in [7, 11) is 1.58. The molecule has 3 amide bonds. The van der Waals surface area contributed by atoms with Crippen molar-refractivity contribution >= 4 is 39.5 Å². The van der Waals surface area contributed by atoms with E-state index >= 15 is 0 Å². The summed E-state index contributed by atoms with van der Waals surface area (Å²) in [6, 6.07) is 11.4. The summed E-state index contributed by atoms with van der Waals surface area (Å²) in [5.41, 5.74) is 7.80. The highest BCUT2D eigenvalue weighted by molar-refractivity contribution is 9.10. The minimum Gasteiger partial charge on any atom is -0.496 e. The van der Waals surface area contributed by atoms with Crippen molar-refractivity contribution in [2.24, 2.45) is 17.6 Å². The second-order valence-corrected chi connectivity index (χ2v) is 12.5. The molecule has 13 heteroatoms. The van der Waals surface area contributed by atoms with Crippen LogP contribution in [0.2, 0.25) is 0 Å². The van der Waals surface area contributed by atoms with Gasteiger partial charge >= 0.3 is 6.09 Å². The molecule has 1 aliphatic carbocycles. The van der Waals surface area contributed by atoms with Crippen molar-refractivity contribution in [1.82, 2.24) is 25.9 Å². The Morgan fingerprint density at radius 1 is 1.12 bits per heavy atom. The molecule has 0 saturated heterocycles. The second-order valence-electron chi connectivity index (χ2n) is 11.7. The van der Waals surface area contributed by atoms with Crippen LogP contribution in [0.25, 0.3) is 11.4 Å². The van der Waals surface area contributed by atoms with Gasteiger partial charge in [-0.25, -0.2) is 9.69 Å². The van der Waals surface area contributed by atoms with Crippen molar-refractivity contribution in [3.8, 4) is 17.1 Å². The Morgan fingerprint density at radius 3 is 2.40 bits per heavy atom. The number of carbonyl (C=O) groups excluding carboxylic acids is 3. The molecule has 1 fully saturated rings. The molecule has 3 aromatic rings. The van der Waals surface area contributed by atoms with Crippen molar-refractivity contribution in [2.75, 3.05) is 18.6 Å². The van der Waals surface area contributed by atoms with Crippen LogP contribution in [-0.2, 0) is 20.7 Å². The normalized spacial score (nSPS) is 17.5. The number of H-pyrrole nitrogens is 1. The van der Waals surface area contributed by atoms with Crippen LogP contribution in [0, 0.1) is 11.8 Å². The van der Waals surface area contributed by atoms with Crippen LogP contribution in [0.4, 0.5) is 10.5 Å². The highest BCUT2D eigenvalue weighted by atomic mass is 79.9. The van der Waals surface area contributed by atoms with E-state index in [9.17, 15) is 14.4 Å². The number of ether oxygens (including phenoxy) is 2. The Kier molecular flexibility index (Phi) is 10.5. The van der Waals surface area contributed by atoms with E-state index in [2.05, 4.69) is 41.9 Å². The van der Waals surface area contributed by atoms with Crippen LogP contribution in [-0.4, -0.2) is 63.8 Å². The molecule has 1 aliphatic rings. The second kappa shape index (κ2) is 14.1. The Balaban J connectivity index is 1.48. The maximum atomic E-state index is 14.0. The molecule has 230 valence electrons. The third-order valence-electron chi connectivity index (χ3n) is 7.29. The molecular formula is C30H38BrN7O5. The van der Waals surface area contributed by atoms with Crippen molar-refractivity contribution in [3.05, 3.63) is 52.5 Å². The highest BCUT2D eigenvalue weighted by Gasteiger charge is 2.35. The van der Waals surface area contributed by atoms with E-state index in [0.717, 1.165) is 22.9 Å². The van der Waals surface area contributed by atoms with E-state index in [-0.39, 0.29) is 24.2 Å². The number of nitrogens with one attached hydrogen (secondary N) is 2. The molecule has 0 unspecified atom stereocenters. The minimum absolute atomic E-state index is 0.214. The van der Waals surface area contributed by atoms with E-state index in [1.807, 2.05) is 32.9 Å². The van der Waals surface area contributed by atoms with Crippen LogP contribution < -0.4 is 20.7 Å². The first-order chi connectivity index (χ1) is 20.4. The zero-order chi connectivity index (χ0) is 31.1. The molecule has 1 saturated carbocycles. The number of aromatic amines is 1. The van der Waals surface area contributed by atoms with E-state index in [1.54, 1.807) is 37.4 Å². The molecule has 12 nitrogen and oxygen atoms in total. The fourth-order valence-corrected chi connectivity index (χ4v) is 5.68. The van der Waals surface area contributed by atoms with Crippen LogP contribution in [0.3, 0.4) is 0 Å². The number of rotatable bonds is 9. The minimum atomic E-state index is -0.963. The van der Waals surface area contributed by atoms with Gasteiger partial charge in [-0.1, -0.05) is 6.07 Å². The van der Waals surface area contributed by atoms with Gasteiger partial charge in [0.05, 0.1) is 23.3 Å². The molecule has 2 aromatic carbocycles. The average Bonchev–Trinajstić information content (AvgIpc) is 3.51. The summed E-state index contributed by atoms with van der Waals surface area (Å²) in [6.07, 6.45) is 2.42. The predicted molar refractivity (Wildman–Crippen MR) is 164 cm³/mol. The molecule has 0 radical (unpaired) electrons. The van der Waals surface area contributed by atoms with E-state index in [0.29, 0.717) is 42.2 Å². The smallest absolute Gasteiger partial charge is 0.407 e. The fraction of sp³-hybridized carbons (Fsp3) is 0.467. The molecule has 0 spiro atoms. The van der Waals surface area contributed by atoms with Gasteiger partial charge in [0.2, 0.25) is 11.7 Å². The van der Waals surface area contributed by atoms with Gasteiger partial charge in [-0.3, -0.25) is 9.59 Å². The number of benzene rings is 2. The Morgan fingerprint density at radius 2 is 1.81 bits per heavy atom. The number of amides is 3. The maximum absolute atomic E-state index is 14.0. The number of hydrogen-bond donors (Lipinski definition) is 3. The monoisotopic (exact) mass is 655 g/mol. The molecule has 0 aliphatic heterocycles.